The molecule has 0 N–H and O–H groups in total. The number of nitrogens with zero attached hydrogens (tertiary/aromatic N) is 7. The molecule has 0 bridgehead atoms. The number of hydrogen-bond acceptors (Lipinski definition) is 7. The van der Waals surface area contributed by atoms with Crippen LogP contribution in [0.15, 0.2) is 58.5 Å². The summed E-state index contributed by atoms with van der Waals surface area (Å²) in [7, 11) is 2.88. The number of imidazole rings is 1. The van der Waals surface area contributed by atoms with Gasteiger partial charge < -0.3 is 4.57 Å². The van der Waals surface area contributed by atoms with Gasteiger partial charge in [-0.25, -0.2) is 19.2 Å². The summed E-state index contributed by atoms with van der Waals surface area (Å²) in [4.78, 5) is 52.9. The van der Waals surface area contributed by atoms with E-state index in [4.69, 9.17) is 0 Å². The Morgan fingerprint density at radius 3 is 2.71 bits per heavy atom. The van der Waals surface area contributed by atoms with Gasteiger partial charge in [0.05, 0.1) is 28.8 Å². The lowest BCUT2D eigenvalue weighted by molar-refractivity contribution is -0.119. The molecular weight excluding hydrogens is 461 g/mol. The van der Waals surface area contributed by atoms with Crippen LogP contribution < -0.4 is 16.1 Å². The van der Waals surface area contributed by atoms with Crippen molar-refractivity contribution >= 4 is 43.8 Å². The van der Waals surface area contributed by atoms with Crippen LogP contribution in [0.3, 0.4) is 0 Å². The maximum absolute atomic E-state index is 13.7. The third-order valence-electron chi connectivity index (χ3n) is 5.44. The van der Waals surface area contributed by atoms with Crippen LogP contribution in [0.25, 0.3) is 21.4 Å². The second kappa shape index (κ2) is 8.30. The molecule has 0 fully saturated rings. The van der Waals surface area contributed by atoms with E-state index in [2.05, 4.69) is 15.0 Å². The van der Waals surface area contributed by atoms with Gasteiger partial charge in [0.25, 0.3) is 5.56 Å². The van der Waals surface area contributed by atoms with Crippen LogP contribution in [0.4, 0.5) is 9.52 Å². The van der Waals surface area contributed by atoms with Gasteiger partial charge in [0.2, 0.25) is 5.91 Å². The maximum atomic E-state index is 13.7. The molecule has 0 saturated heterocycles. The first-order valence-corrected chi connectivity index (χ1v) is 11.0. The lowest BCUT2D eigenvalue weighted by atomic mass is 10.3. The molecule has 0 aliphatic heterocycles. The molecule has 0 spiro atoms. The molecule has 5 rings (SSSR count). The molecule has 5 aromatic rings. The van der Waals surface area contributed by atoms with Crippen molar-refractivity contribution in [2.24, 2.45) is 14.1 Å². The maximum Gasteiger partial charge on any atom is 0.332 e. The molecule has 4 heterocycles. The molecule has 34 heavy (non-hydrogen) atoms. The minimum absolute atomic E-state index is 0.130. The van der Waals surface area contributed by atoms with Gasteiger partial charge in [-0.2, -0.15) is 0 Å². The van der Waals surface area contributed by atoms with Gasteiger partial charge in [-0.1, -0.05) is 17.4 Å². The van der Waals surface area contributed by atoms with Crippen LogP contribution in [-0.2, 0) is 32.0 Å². The summed E-state index contributed by atoms with van der Waals surface area (Å²) >= 11 is 1.18. The minimum atomic E-state index is -0.546. The van der Waals surface area contributed by atoms with Crippen LogP contribution in [0.5, 0.6) is 0 Å². The number of amides is 1. The highest BCUT2D eigenvalue weighted by molar-refractivity contribution is 7.22. The summed E-state index contributed by atoms with van der Waals surface area (Å²) in [5.74, 6) is -0.767. The highest BCUT2D eigenvalue weighted by Gasteiger charge is 2.23. The molecule has 1 aromatic carbocycles. The number of pyridine rings is 1. The first-order chi connectivity index (χ1) is 16.3. The zero-order valence-electron chi connectivity index (χ0n) is 18.2. The van der Waals surface area contributed by atoms with Crippen molar-refractivity contribution in [3.8, 4) is 0 Å². The molecule has 1 amide bonds. The summed E-state index contributed by atoms with van der Waals surface area (Å²) < 4.78 is 17.9. The lowest BCUT2D eigenvalue weighted by Crippen LogP contribution is -2.38. The summed E-state index contributed by atoms with van der Waals surface area (Å²) in [6.45, 7) is -0.0911. The van der Waals surface area contributed by atoms with Gasteiger partial charge >= 0.3 is 5.69 Å². The van der Waals surface area contributed by atoms with E-state index in [0.29, 0.717) is 21.0 Å². The second-order valence-electron chi connectivity index (χ2n) is 7.66. The van der Waals surface area contributed by atoms with E-state index in [1.54, 1.807) is 24.4 Å². The highest BCUT2D eigenvalue weighted by atomic mass is 32.1. The predicted molar refractivity (Wildman–Crippen MR) is 125 cm³/mol. The zero-order chi connectivity index (χ0) is 24.0. The third kappa shape index (κ3) is 3.67. The number of thiazole rings is 1. The summed E-state index contributed by atoms with van der Waals surface area (Å²) in [5.41, 5.74) is 0.477. The van der Waals surface area contributed by atoms with Crippen molar-refractivity contribution in [3.05, 3.63) is 81.3 Å². The van der Waals surface area contributed by atoms with Gasteiger partial charge in [-0.05, 0) is 30.3 Å². The summed E-state index contributed by atoms with van der Waals surface area (Å²) in [6.07, 6.45) is 2.98. The van der Waals surface area contributed by atoms with Crippen LogP contribution in [-0.4, -0.2) is 34.6 Å². The molecule has 0 radical (unpaired) electrons. The zero-order valence-corrected chi connectivity index (χ0v) is 19.0. The Morgan fingerprint density at radius 1 is 1.12 bits per heavy atom. The average Bonchev–Trinajstić information content (AvgIpc) is 3.44. The Bertz CT molecular complexity index is 1670. The topological polar surface area (TPSA) is 108 Å². The van der Waals surface area contributed by atoms with Gasteiger partial charge in [-0.3, -0.25) is 28.6 Å². The lowest BCUT2D eigenvalue weighted by Gasteiger charge is -2.20. The van der Waals surface area contributed by atoms with Crippen molar-refractivity contribution in [1.29, 1.82) is 0 Å². The molecule has 12 heteroatoms. The van der Waals surface area contributed by atoms with E-state index in [-0.39, 0.29) is 30.2 Å². The van der Waals surface area contributed by atoms with E-state index in [1.165, 1.54) is 57.9 Å². The molecule has 10 nitrogen and oxygen atoms in total. The number of aromatic nitrogens is 6. The Morgan fingerprint density at radius 2 is 1.94 bits per heavy atom. The fourth-order valence-electron chi connectivity index (χ4n) is 3.67. The number of carbonyl (C=O) groups excluding carboxylic acids is 1. The quantitative estimate of drug-likeness (QED) is 0.381. The number of fused-ring (bicyclic) bond motifs is 2. The normalized spacial score (nSPS) is 11.4. The predicted octanol–water partition coefficient (Wildman–Crippen LogP) is 1.81. The van der Waals surface area contributed by atoms with Crippen LogP contribution in [0.1, 0.15) is 5.69 Å². The van der Waals surface area contributed by atoms with E-state index in [0.717, 1.165) is 4.57 Å². The summed E-state index contributed by atoms with van der Waals surface area (Å²) in [5, 5.41) is 0.376. The number of benzene rings is 1. The number of hydrogen-bond donors (Lipinski definition) is 0. The van der Waals surface area contributed by atoms with Crippen molar-refractivity contribution in [1.82, 2.24) is 28.7 Å². The molecule has 4 aromatic heterocycles. The SMILES string of the molecule is Cn1c(=O)c2c(ncn2CC(=O)N(Cc2ccccn2)c2nc3ccc(F)cc3s2)n(C)c1=O. The Kier molecular flexibility index (Phi) is 5.28. The van der Waals surface area contributed by atoms with Crippen LogP contribution >= 0.6 is 11.3 Å². The monoisotopic (exact) mass is 479 g/mol. The number of halogens is 1. The number of carbonyl (C=O) groups is 1. The third-order valence-corrected chi connectivity index (χ3v) is 6.48. The first kappa shape index (κ1) is 21.6. The van der Waals surface area contributed by atoms with E-state index in [9.17, 15) is 18.8 Å². The van der Waals surface area contributed by atoms with Gasteiger partial charge in [-0.15, -0.1) is 0 Å². The van der Waals surface area contributed by atoms with Crippen molar-refractivity contribution < 1.29 is 9.18 Å². The van der Waals surface area contributed by atoms with Crippen LogP contribution in [0, 0.1) is 5.82 Å². The second-order valence-corrected chi connectivity index (χ2v) is 8.67. The molecular formula is C22H18FN7O3S. The van der Waals surface area contributed by atoms with Crippen molar-refractivity contribution in [2.75, 3.05) is 4.90 Å². The fraction of sp³-hybridized carbons (Fsp3) is 0.182. The summed E-state index contributed by atoms with van der Waals surface area (Å²) in [6, 6.07) is 9.61. The van der Waals surface area contributed by atoms with Gasteiger partial charge in [0.15, 0.2) is 16.3 Å². The van der Waals surface area contributed by atoms with Crippen molar-refractivity contribution in [2.45, 2.75) is 13.1 Å². The Balaban J connectivity index is 1.57. The first-order valence-electron chi connectivity index (χ1n) is 10.2. The molecule has 0 saturated carbocycles. The average molecular weight is 479 g/mol. The molecule has 0 aliphatic carbocycles. The number of aryl methyl sites for hydroxylation is 1. The van der Waals surface area contributed by atoms with Crippen LogP contribution in [0.2, 0.25) is 0 Å². The Labute approximate surface area is 195 Å². The van der Waals surface area contributed by atoms with Crippen molar-refractivity contribution in [3.63, 3.8) is 0 Å². The molecule has 0 aliphatic rings. The number of anilines is 1. The van der Waals surface area contributed by atoms with E-state index < -0.39 is 17.1 Å². The van der Waals surface area contributed by atoms with E-state index >= 15 is 0 Å². The highest BCUT2D eigenvalue weighted by Crippen LogP contribution is 2.30. The van der Waals surface area contributed by atoms with E-state index in [1.807, 2.05) is 6.07 Å². The fourth-order valence-corrected chi connectivity index (χ4v) is 4.67. The van der Waals surface area contributed by atoms with Gasteiger partial charge in [0, 0.05) is 20.3 Å². The Hall–Kier alpha value is -4.19. The smallest absolute Gasteiger partial charge is 0.315 e. The standard InChI is InChI=1S/C22H18FN7O3S/c1-27-19-18(20(32)28(2)22(27)33)29(12-25-19)11-17(31)30(10-14-5-3-4-8-24-14)21-26-15-7-6-13(23)9-16(15)34-21/h3-9,12H,10-11H2,1-2H3. The molecule has 0 atom stereocenters. The largest absolute Gasteiger partial charge is 0.332 e. The molecule has 172 valence electrons. The molecule has 0 unspecified atom stereocenters. The minimum Gasteiger partial charge on any atom is -0.315 e. The van der Waals surface area contributed by atoms with Gasteiger partial charge in [0.1, 0.15) is 12.4 Å². The number of rotatable bonds is 5.